The van der Waals surface area contributed by atoms with E-state index in [4.69, 9.17) is 9.47 Å². The molecule has 2 aliphatic rings. The minimum Gasteiger partial charge on any atom is -0.463 e. The van der Waals surface area contributed by atoms with Crippen LogP contribution in [-0.4, -0.2) is 5.79 Å². The van der Waals surface area contributed by atoms with Crippen LogP contribution in [-0.2, 0) is 11.2 Å². The second kappa shape index (κ2) is 3.26. The Morgan fingerprint density at radius 2 is 1.94 bits per heavy atom. The molecule has 1 unspecified atom stereocenters. The molecule has 3 rings (SSSR count). The van der Waals surface area contributed by atoms with Crippen LogP contribution in [0.3, 0.4) is 0 Å². The van der Waals surface area contributed by atoms with Crippen LogP contribution in [0.1, 0.15) is 51.3 Å². The average molecular weight is 232 g/mol. The second-order valence-corrected chi connectivity index (χ2v) is 6.48. The van der Waals surface area contributed by atoms with E-state index in [1.807, 2.05) is 13.8 Å². The topological polar surface area (TPSA) is 18.5 Å². The molecule has 1 heterocycles. The van der Waals surface area contributed by atoms with E-state index in [1.165, 1.54) is 11.1 Å². The first-order valence-electron chi connectivity index (χ1n) is 6.35. The Balaban J connectivity index is 2.13. The number of hydrogen-bond acceptors (Lipinski definition) is 2. The van der Waals surface area contributed by atoms with Gasteiger partial charge in [0.2, 0.25) is 5.79 Å². The maximum Gasteiger partial charge on any atom is 0.205 e. The maximum absolute atomic E-state index is 6.09. The summed E-state index contributed by atoms with van der Waals surface area (Å²) in [6, 6.07) is 6.36. The SMILES string of the molecule is CC1(C)Cc2cccc3c2C(C1)OC(C)(C)O3. The molecule has 1 aliphatic carbocycles. The zero-order chi connectivity index (χ0) is 12.3. The maximum atomic E-state index is 6.09. The van der Waals surface area contributed by atoms with Gasteiger partial charge in [-0.1, -0.05) is 26.0 Å². The fourth-order valence-electron chi connectivity index (χ4n) is 3.12. The molecule has 0 saturated carbocycles. The molecule has 0 amide bonds. The van der Waals surface area contributed by atoms with E-state index in [1.54, 1.807) is 0 Å². The van der Waals surface area contributed by atoms with Crippen molar-refractivity contribution in [1.29, 1.82) is 0 Å². The normalized spacial score (nSPS) is 28.1. The summed E-state index contributed by atoms with van der Waals surface area (Å²) in [4.78, 5) is 0. The van der Waals surface area contributed by atoms with Gasteiger partial charge in [0.15, 0.2) is 0 Å². The highest BCUT2D eigenvalue weighted by Crippen LogP contribution is 2.50. The Bertz CT molecular complexity index is 422. The summed E-state index contributed by atoms with van der Waals surface area (Å²) in [5.74, 6) is 0.503. The zero-order valence-electron chi connectivity index (χ0n) is 11.0. The van der Waals surface area contributed by atoms with E-state index in [2.05, 4.69) is 32.0 Å². The fraction of sp³-hybridized carbons (Fsp3) is 0.600. The number of ether oxygens (including phenoxy) is 2. The summed E-state index contributed by atoms with van der Waals surface area (Å²) in [5, 5.41) is 0. The lowest BCUT2D eigenvalue weighted by Crippen LogP contribution is -2.41. The molecule has 0 N–H and O–H groups in total. The lowest BCUT2D eigenvalue weighted by Gasteiger charge is -2.45. The molecule has 1 aromatic rings. The highest BCUT2D eigenvalue weighted by Gasteiger charge is 2.41. The van der Waals surface area contributed by atoms with Gasteiger partial charge in [0, 0.05) is 19.4 Å². The van der Waals surface area contributed by atoms with Crippen LogP contribution < -0.4 is 4.74 Å². The summed E-state index contributed by atoms with van der Waals surface area (Å²) in [6.07, 6.45) is 2.37. The summed E-state index contributed by atoms with van der Waals surface area (Å²) >= 11 is 0. The molecule has 2 nitrogen and oxygen atoms in total. The monoisotopic (exact) mass is 232 g/mol. The third-order valence-electron chi connectivity index (χ3n) is 3.67. The van der Waals surface area contributed by atoms with E-state index >= 15 is 0 Å². The molecule has 0 spiro atoms. The Morgan fingerprint density at radius 3 is 2.71 bits per heavy atom. The van der Waals surface area contributed by atoms with E-state index in [0.29, 0.717) is 5.41 Å². The second-order valence-electron chi connectivity index (χ2n) is 6.48. The molecule has 0 saturated heterocycles. The molecule has 1 aliphatic heterocycles. The number of rotatable bonds is 0. The summed E-state index contributed by atoms with van der Waals surface area (Å²) < 4.78 is 12.0. The molecule has 1 aromatic carbocycles. The van der Waals surface area contributed by atoms with Crippen LogP contribution in [0.15, 0.2) is 18.2 Å². The van der Waals surface area contributed by atoms with Crippen molar-refractivity contribution in [3.05, 3.63) is 29.3 Å². The lowest BCUT2D eigenvalue weighted by molar-refractivity contribution is -0.216. The van der Waals surface area contributed by atoms with Crippen molar-refractivity contribution in [2.75, 3.05) is 0 Å². The molecule has 2 heteroatoms. The average Bonchev–Trinajstić information content (AvgIpc) is 2.12. The minimum atomic E-state index is -0.510. The van der Waals surface area contributed by atoms with Crippen LogP contribution >= 0.6 is 0 Å². The third-order valence-corrected chi connectivity index (χ3v) is 3.67. The molecular formula is C15H20O2. The van der Waals surface area contributed by atoms with Gasteiger partial charge in [-0.05, 0) is 29.9 Å². The summed E-state index contributed by atoms with van der Waals surface area (Å²) in [5.41, 5.74) is 2.98. The third kappa shape index (κ3) is 1.85. The van der Waals surface area contributed by atoms with Crippen LogP contribution in [0.5, 0.6) is 5.75 Å². The van der Waals surface area contributed by atoms with Crippen molar-refractivity contribution in [3.8, 4) is 5.75 Å². The van der Waals surface area contributed by atoms with Crippen LogP contribution in [0.2, 0.25) is 0 Å². The Hall–Kier alpha value is -1.02. The highest BCUT2D eigenvalue weighted by atomic mass is 16.7. The van der Waals surface area contributed by atoms with Gasteiger partial charge in [0.25, 0.3) is 0 Å². The Labute approximate surface area is 103 Å². The fourth-order valence-corrected chi connectivity index (χ4v) is 3.12. The Morgan fingerprint density at radius 1 is 1.18 bits per heavy atom. The van der Waals surface area contributed by atoms with Gasteiger partial charge in [-0.3, -0.25) is 0 Å². The quantitative estimate of drug-likeness (QED) is 0.676. The smallest absolute Gasteiger partial charge is 0.205 e. The van der Waals surface area contributed by atoms with Gasteiger partial charge in [0.05, 0.1) is 6.10 Å². The minimum absolute atomic E-state index is 0.189. The molecule has 0 aromatic heterocycles. The summed E-state index contributed by atoms with van der Waals surface area (Å²) in [6.45, 7) is 8.61. The van der Waals surface area contributed by atoms with Gasteiger partial charge in [-0.15, -0.1) is 0 Å². The molecule has 0 fully saturated rings. The van der Waals surface area contributed by atoms with Gasteiger partial charge in [-0.25, -0.2) is 0 Å². The van der Waals surface area contributed by atoms with Gasteiger partial charge < -0.3 is 9.47 Å². The van der Waals surface area contributed by atoms with Crippen molar-refractivity contribution >= 4 is 0 Å². The van der Waals surface area contributed by atoms with Crippen LogP contribution in [0.4, 0.5) is 0 Å². The van der Waals surface area contributed by atoms with Crippen molar-refractivity contribution < 1.29 is 9.47 Å². The van der Waals surface area contributed by atoms with Crippen LogP contribution in [0.25, 0.3) is 0 Å². The van der Waals surface area contributed by atoms with E-state index < -0.39 is 5.79 Å². The van der Waals surface area contributed by atoms with Crippen molar-refractivity contribution in [2.45, 2.75) is 52.4 Å². The largest absolute Gasteiger partial charge is 0.463 e. The predicted octanol–water partition coefficient (Wildman–Crippen LogP) is 3.85. The van der Waals surface area contributed by atoms with E-state index in [9.17, 15) is 0 Å². The van der Waals surface area contributed by atoms with Crippen LogP contribution in [0, 0.1) is 5.41 Å². The number of benzene rings is 1. The van der Waals surface area contributed by atoms with Crippen molar-refractivity contribution in [1.82, 2.24) is 0 Å². The Kier molecular flexibility index (Phi) is 2.13. The summed E-state index contributed by atoms with van der Waals surface area (Å²) in [7, 11) is 0. The lowest BCUT2D eigenvalue weighted by atomic mass is 9.72. The molecule has 0 radical (unpaired) electrons. The molecular weight excluding hydrogens is 212 g/mol. The molecule has 1 atom stereocenters. The van der Waals surface area contributed by atoms with Gasteiger partial charge in [0.1, 0.15) is 5.75 Å². The first-order valence-corrected chi connectivity index (χ1v) is 6.35. The van der Waals surface area contributed by atoms with Crippen molar-refractivity contribution in [2.24, 2.45) is 5.41 Å². The first kappa shape index (κ1) is 11.1. The van der Waals surface area contributed by atoms with Gasteiger partial charge >= 0.3 is 0 Å². The molecule has 17 heavy (non-hydrogen) atoms. The zero-order valence-corrected chi connectivity index (χ0v) is 11.0. The molecule has 0 bridgehead atoms. The standard InChI is InChI=1S/C15H20O2/c1-14(2)8-10-6-5-7-11-13(10)12(9-14)17-15(3,4)16-11/h5-7,12H,8-9H2,1-4H3. The van der Waals surface area contributed by atoms with Gasteiger partial charge in [-0.2, -0.15) is 0 Å². The first-order chi connectivity index (χ1) is 7.86. The van der Waals surface area contributed by atoms with Crippen molar-refractivity contribution in [3.63, 3.8) is 0 Å². The highest BCUT2D eigenvalue weighted by molar-refractivity contribution is 5.45. The van der Waals surface area contributed by atoms with E-state index in [-0.39, 0.29) is 6.10 Å². The van der Waals surface area contributed by atoms with E-state index in [0.717, 1.165) is 18.6 Å². The molecule has 92 valence electrons. The predicted molar refractivity (Wildman–Crippen MR) is 67.1 cm³/mol. The number of hydrogen-bond donors (Lipinski definition) is 0.